The van der Waals surface area contributed by atoms with E-state index in [2.05, 4.69) is 16.0 Å². The van der Waals surface area contributed by atoms with Crippen LogP contribution >= 0.6 is 35.7 Å². The van der Waals surface area contributed by atoms with Gasteiger partial charge in [0.15, 0.2) is 29.4 Å². The van der Waals surface area contributed by atoms with Crippen LogP contribution in [0.15, 0.2) is 11.3 Å². The van der Waals surface area contributed by atoms with E-state index in [9.17, 15) is 78.9 Å². The highest BCUT2D eigenvalue weighted by Gasteiger charge is 2.62. The second-order valence-electron chi connectivity index (χ2n) is 17.7. The number of aliphatic carboxylic acids is 3. The summed E-state index contributed by atoms with van der Waals surface area (Å²) < 4.78 is 40.8. The number of ketones is 1. The van der Waals surface area contributed by atoms with Gasteiger partial charge in [-0.25, -0.2) is 19.2 Å². The molecule has 0 aromatic rings. The number of methoxy groups -OCH3 is 1. The fraction of sp³-hybridized carbons (Fsp3) is 0.705. The number of carboxylic acid groups (broad SMARTS) is 3. The quantitative estimate of drug-likeness (QED) is 0.0305. The van der Waals surface area contributed by atoms with Crippen molar-refractivity contribution >= 4 is 99.2 Å². The first-order valence-corrected chi connectivity index (χ1v) is 25.3. The Kier molecular flexibility index (Phi) is 23.2. The second-order valence-corrected chi connectivity index (χ2v) is 20.8. The van der Waals surface area contributed by atoms with Crippen LogP contribution in [0.2, 0.25) is 0 Å². The lowest BCUT2D eigenvalue weighted by atomic mass is 9.74. The minimum atomic E-state index is -3.19. The van der Waals surface area contributed by atoms with E-state index in [1.165, 1.54) is 27.9 Å². The fourth-order valence-electron chi connectivity index (χ4n) is 8.09. The maximum atomic E-state index is 14.8. The molecule has 0 bridgehead atoms. The smallest absolute Gasteiger partial charge is 0.341 e. The number of carbonyl (C=O) groups excluding carboxylic acids is 6. The second kappa shape index (κ2) is 27.1. The highest BCUT2D eigenvalue weighted by Crippen LogP contribution is 2.43. The SMILES string of the molecule is CC[C@H](C)C(=O)O[C@@H](C)[C@@]1(O)[C@H](C)O[C@@H](O[C@H]2[C@@H](O)[C@H]([C@@]3(O)CC(=O)C(=N)C(C(=O)O)=C3O)O[C@H](COC(C)=O)[C@H]2OC(=O)C(NC(=S)SC[C@H](NC(C)=O)C(=O)O)C(C)SC[C@H](NC(C)=O)C(=O)O)C[C@@H]1OC. The number of Topliss-reactive ketones (excluding diaryl/α,β-unsaturated/α-hetero) is 1. The molecule has 2 heterocycles. The minimum Gasteiger partial charge on any atom is -0.508 e. The normalized spacial score (nSPS) is 29.5. The molecule has 74 heavy (non-hydrogen) atoms. The van der Waals surface area contributed by atoms with Crippen LogP contribution in [0.4, 0.5) is 0 Å². The van der Waals surface area contributed by atoms with Crippen molar-refractivity contribution in [1.82, 2.24) is 16.0 Å². The highest BCUT2D eigenvalue weighted by atomic mass is 32.2. The van der Waals surface area contributed by atoms with Crippen molar-refractivity contribution in [2.45, 2.75) is 164 Å². The van der Waals surface area contributed by atoms with E-state index in [0.717, 1.165) is 32.5 Å². The Balaban J connectivity index is 2.23. The van der Waals surface area contributed by atoms with Gasteiger partial charge in [0.25, 0.3) is 0 Å². The number of esters is 3. The Labute approximate surface area is 437 Å². The lowest BCUT2D eigenvalue weighted by molar-refractivity contribution is -0.345. The zero-order valence-electron chi connectivity index (χ0n) is 41.7. The van der Waals surface area contributed by atoms with Crippen LogP contribution in [0.25, 0.3) is 0 Å². The van der Waals surface area contributed by atoms with E-state index in [4.69, 9.17) is 50.8 Å². The summed E-state index contributed by atoms with van der Waals surface area (Å²) in [6.45, 7) is 9.72. The number of hydrogen-bond donors (Lipinski definition) is 11. The number of carbonyl (C=O) groups is 9. The van der Waals surface area contributed by atoms with E-state index in [1.807, 2.05) is 0 Å². The van der Waals surface area contributed by atoms with Crippen LogP contribution in [0.1, 0.15) is 74.7 Å². The molecule has 0 spiro atoms. The van der Waals surface area contributed by atoms with Gasteiger partial charge in [-0.15, -0.1) is 0 Å². The number of carboxylic acids is 3. The lowest BCUT2D eigenvalue weighted by Crippen LogP contribution is -2.70. The van der Waals surface area contributed by atoms with E-state index in [0.29, 0.717) is 18.2 Å². The van der Waals surface area contributed by atoms with Crippen molar-refractivity contribution in [3.05, 3.63) is 11.3 Å². The number of rotatable bonds is 24. The van der Waals surface area contributed by atoms with Gasteiger partial charge < -0.3 is 84.9 Å². The van der Waals surface area contributed by atoms with Crippen LogP contribution in [0.3, 0.4) is 0 Å². The molecule has 0 aromatic heterocycles. The van der Waals surface area contributed by atoms with E-state index in [-0.39, 0.29) is 15.8 Å². The molecule has 27 nitrogen and oxygen atoms in total. The largest absolute Gasteiger partial charge is 0.508 e. The Morgan fingerprint density at radius 3 is 2.00 bits per heavy atom. The van der Waals surface area contributed by atoms with Crippen molar-refractivity contribution < 1.29 is 112 Å². The first-order valence-electron chi connectivity index (χ1n) is 22.9. The van der Waals surface area contributed by atoms with E-state index < -0.39 is 186 Å². The van der Waals surface area contributed by atoms with Crippen molar-refractivity contribution in [2.24, 2.45) is 5.92 Å². The molecule has 2 unspecified atom stereocenters. The van der Waals surface area contributed by atoms with E-state index >= 15 is 0 Å². The topological polar surface area (TPSA) is 420 Å². The summed E-state index contributed by atoms with van der Waals surface area (Å²) in [4.78, 5) is 113. The number of nitrogens with one attached hydrogen (secondary N) is 4. The number of aliphatic hydroxyl groups excluding tert-OH is 2. The maximum Gasteiger partial charge on any atom is 0.341 e. The fourth-order valence-corrected chi connectivity index (χ4v) is 10.3. The number of aliphatic hydroxyl groups is 4. The summed E-state index contributed by atoms with van der Waals surface area (Å²) in [7, 11) is 1.21. The molecular formula is C44H64N4O23S3. The number of thiocarbonyl (C=S) groups is 1. The number of amides is 2. The highest BCUT2D eigenvalue weighted by molar-refractivity contribution is 8.23. The molecule has 0 aromatic carbocycles. The van der Waals surface area contributed by atoms with Gasteiger partial charge in [0.1, 0.15) is 76.6 Å². The first kappa shape index (κ1) is 63.2. The van der Waals surface area contributed by atoms with Crippen LogP contribution < -0.4 is 16.0 Å². The summed E-state index contributed by atoms with van der Waals surface area (Å²) in [6.07, 6.45) is -17.7. The average molecular weight is 1110 g/mol. The summed E-state index contributed by atoms with van der Waals surface area (Å²) in [5, 5.41) is 91.3. The van der Waals surface area contributed by atoms with Gasteiger partial charge in [0.05, 0.1) is 24.5 Å². The predicted octanol–water partition coefficient (Wildman–Crippen LogP) is -1.27. The van der Waals surface area contributed by atoms with Crippen molar-refractivity contribution in [2.75, 3.05) is 25.2 Å². The zero-order valence-corrected chi connectivity index (χ0v) is 44.2. The number of ether oxygens (including phenoxy) is 7. The third kappa shape index (κ3) is 15.5. The number of thioether (sulfide) groups is 2. The van der Waals surface area contributed by atoms with Gasteiger partial charge >= 0.3 is 35.8 Å². The molecule has 0 saturated carbocycles. The molecule has 16 atom stereocenters. The number of hydrogen-bond acceptors (Lipinski definition) is 24. The molecule has 1 aliphatic carbocycles. The molecule has 30 heteroatoms. The molecular weight excluding hydrogens is 1050 g/mol. The molecule has 416 valence electrons. The minimum absolute atomic E-state index is 0.269. The van der Waals surface area contributed by atoms with E-state index in [1.54, 1.807) is 13.8 Å². The van der Waals surface area contributed by atoms with Crippen LogP contribution in [0.5, 0.6) is 0 Å². The molecule has 11 N–H and O–H groups in total. The first-order chi connectivity index (χ1) is 34.3. The van der Waals surface area contributed by atoms with Gasteiger partial charge in [-0.1, -0.05) is 44.8 Å². The summed E-state index contributed by atoms with van der Waals surface area (Å²) >= 11 is 6.91. The van der Waals surface area contributed by atoms with Crippen LogP contribution in [-0.2, 0) is 76.3 Å². The van der Waals surface area contributed by atoms with Gasteiger partial charge in [0.2, 0.25) is 11.8 Å². The molecule has 2 fully saturated rings. The molecule has 3 rings (SSSR count). The van der Waals surface area contributed by atoms with Crippen LogP contribution in [-0.4, -0.2) is 214 Å². The van der Waals surface area contributed by atoms with Gasteiger partial charge in [-0.05, 0) is 20.3 Å². The van der Waals surface area contributed by atoms with Crippen LogP contribution in [0, 0.1) is 11.3 Å². The molecule has 2 saturated heterocycles. The average Bonchev–Trinajstić information content (AvgIpc) is 3.30. The molecule has 2 amide bonds. The third-order valence-corrected chi connectivity index (χ3v) is 15.1. The summed E-state index contributed by atoms with van der Waals surface area (Å²) in [6, 6.07) is -4.65. The molecule has 3 aliphatic rings. The van der Waals surface area contributed by atoms with Gasteiger partial charge in [-0.2, -0.15) is 11.8 Å². The standard InChI is InChI=1S/C44H64N4O23S3/c1-10-16(2)40(61)68-19(5)44(64)18(4)67-28(11-27(44)65-9)70-34-32(53)36(43(63)12-25(52)30(45)29(35(43)54)39(59)60)69-26(13-66-22(8)51)33(34)71-41(62)31(17(3)73-14-23(37(55)56)46-20(6)49)48-42(72)74-15-24(38(57)58)47-21(7)50/h16-19,23-24,26-28,31-34,36,45,53-54,63-64H,10-15H2,1-9H3,(H,46,49)(H,47,50)(H,48,72)(H,55,56)(H,57,58)(H,59,60)/t16-,17?,18-,19-,23-,24-,26+,27-,28-,31?,32+,33+,34-,36+,43+,44-/m0/s1. The summed E-state index contributed by atoms with van der Waals surface area (Å²) in [5.41, 5.74) is -7.85. The summed E-state index contributed by atoms with van der Waals surface area (Å²) in [5.74, 6) is -13.4. The predicted molar refractivity (Wildman–Crippen MR) is 260 cm³/mol. The third-order valence-electron chi connectivity index (χ3n) is 12.4. The molecule has 0 radical (unpaired) electrons. The Morgan fingerprint density at radius 2 is 1.49 bits per heavy atom. The molecule has 2 aliphatic heterocycles. The maximum absolute atomic E-state index is 14.8. The Morgan fingerprint density at radius 1 is 0.905 bits per heavy atom. The monoisotopic (exact) mass is 1110 g/mol. The zero-order chi connectivity index (χ0) is 56.3. The Hall–Kier alpha value is -5.05. The lowest BCUT2D eigenvalue weighted by Gasteiger charge is -2.52. The van der Waals surface area contributed by atoms with Crippen molar-refractivity contribution in [1.29, 1.82) is 5.41 Å². The van der Waals surface area contributed by atoms with Crippen molar-refractivity contribution in [3.63, 3.8) is 0 Å². The van der Waals surface area contributed by atoms with Gasteiger partial charge in [0, 0.05) is 51.1 Å². The van der Waals surface area contributed by atoms with Gasteiger partial charge in [-0.3, -0.25) is 29.4 Å². The Bertz CT molecular complexity index is 2200. The van der Waals surface area contributed by atoms with Crippen molar-refractivity contribution in [3.8, 4) is 0 Å².